The van der Waals surface area contributed by atoms with E-state index in [0.717, 1.165) is 31.0 Å². The van der Waals surface area contributed by atoms with Crippen LogP contribution >= 0.6 is 0 Å². The molecule has 3 rings (SSSR count). The summed E-state index contributed by atoms with van der Waals surface area (Å²) in [6.07, 6.45) is 5.70. The third-order valence-electron chi connectivity index (χ3n) is 3.81. The average Bonchev–Trinajstić information content (AvgIpc) is 2.84. The van der Waals surface area contributed by atoms with Gasteiger partial charge in [0.1, 0.15) is 0 Å². The maximum atomic E-state index is 5.93. The minimum Gasteiger partial charge on any atom is -0.396 e. The first-order chi connectivity index (χ1) is 8.81. The van der Waals surface area contributed by atoms with E-state index in [4.69, 9.17) is 5.73 Å². The standard InChI is InChI=1S/C13H19N5/c1-2-17-8-4-3-7-11(17)13-16-15-12-10(14)6-5-9-18(12)13/h5-6,9,11H,2-4,7-8,14H2,1H3. The molecule has 0 radical (unpaired) electrons. The van der Waals surface area contributed by atoms with Crippen molar-refractivity contribution in [2.75, 3.05) is 18.8 Å². The molecule has 1 aliphatic rings. The fourth-order valence-electron chi connectivity index (χ4n) is 2.84. The Hall–Kier alpha value is -1.62. The second kappa shape index (κ2) is 4.57. The quantitative estimate of drug-likeness (QED) is 0.877. The predicted molar refractivity (Wildman–Crippen MR) is 71.2 cm³/mol. The number of rotatable bonds is 2. The largest absolute Gasteiger partial charge is 0.396 e. The first kappa shape index (κ1) is 11.5. The number of nitrogen functional groups attached to an aromatic ring is 1. The zero-order valence-corrected chi connectivity index (χ0v) is 10.7. The third kappa shape index (κ3) is 1.75. The summed E-state index contributed by atoms with van der Waals surface area (Å²) >= 11 is 0. The number of hydrogen-bond donors (Lipinski definition) is 1. The lowest BCUT2D eigenvalue weighted by atomic mass is 10.0. The molecule has 0 spiro atoms. The fraction of sp³-hybridized carbons (Fsp3) is 0.538. The number of pyridine rings is 1. The molecule has 1 atom stereocenters. The third-order valence-corrected chi connectivity index (χ3v) is 3.81. The highest BCUT2D eigenvalue weighted by molar-refractivity contribution is 5.63. The molecule has 2 N–H and O–H groups in total. The molecule has 0 amide bonds. The van der Waals surface area contributed by atoms with Crippen molar-refractivity contribution >= 4 is 11.3 Å². The highest BCUT2D eigenvalue weighted by atomic mass is 15.3. The van der Waals surface area contributed by atoms with Crippen LogP contribution in [-0.2, 0) is 0 Å². The molecule has 1 saturated heterocycles. The topological polar surface area (TPSA) is 59.5 Å². The number of anilines is 1. The van der Waals surface area contributed by atoms with Crippen molar-refractivity contribution in [3.05, 3.63) is 24.2 Å². The fourth-order valence-corrected chi connectivity index (χ4v) is 2.84. The number of likely N-dealkylation sites (tertiary alicyclic amines) is 1. The van der Waals surface area contributed by atoms with Crippen LogP contribution in [0, 0.1) is 0 Å². The smallest absolute Gasteiger partial charge is 0.184 e. The van der Waals surface area contributed by atoms with Crippen LogP contribution in [0.25, 0.3) is 5.65 Å². The minimum atomic E-state index is 0.376. The van der Waals surface area contributed by atoms with Crippen molar-refractivity contribution in [3.8, 4) is 0 Å². The van der Waals surface area contributed by atoms with E-state index in [-0.39, 0.29) is 0 Å². The van der Waals surface area contributed by atoms with Crippen LogP contribution < -0.4 is 5.73 Å². The summed E-state index contributed by atoms with van der Waals surface area (Å²) in [5.41, 5.74) is 7.39. The summed E-state index contributed by atoms with van der Waals surface area (Å²) in [5, 5.41) is 8.59. The molecule has 2 aromatic rings. The molecule has 0 saturated carbocycles. The van der Waals surface area contributed by atoms with Crippen molar-refractivity contribution < 1.29 is 0 Å². The summed E-state index contributed by atoms with van der Waals surface area (Å²) in [5.74, 6) is 1.03. The van der Waals surface area contributed by atoms with Crippen LogP contribution in [-0.4, -0.2) is 32.6 Å². The average molecular weight is 245 g/mol. The van der Waals surface area contributed by atoms with Gasteiger partial charge in [0.25, 0.3) is 0 Å². The second-order valence-corrected chi connectivity index (χ2v) is 4.86. The maximum absolute atomic E-state index is 5.93. The molecule has 96 valence electrons. The van der Waals surface area contributed by atoms with Gasteiger partial charge in [0.2, 0.25) is 0 Å². The number of nitrogens with two attached hydrogens (primary N) is 1. The summed E-state index contributed by atoms with van der Waals surface area (Å²) < 4.78 is 2.04. The van der Waals surface area contributed by atoms with Crippen molar-refractivity contribution in [2.45, 2.75) is 32.2 Å². The molecular weight excluding hydrogens is 226 g/mol. The van der Waals surface area contributed by atoms with E-state index in [0.29, 0.717) is 11.7 Å². The van der Waals surface area contributed by atoms with Gasteiger partial charge in [-0.15, -0.1) is 10.2 Å². The van der Waals surface area contributed by atoms with Gasteiger partial charge >= 0.3 is 0 Å². The predicted octanol–water partition coefficient (Wildman–Crippen LogP) is 1.86. The van der Waals surface area contributed by atoms with Gasteiger partial charge < -0.3 is 5.73 Å². The molecule has 3 heterocycles. The number of fused-ring (bicyclic) bond motifs is 1. The van der Waals surface area contributed by atoms with Crippen LogP contribution in [0.3, 0.4) is 0 Å². The Labute approximate surface area is 107 Å². The van der Waals surface area contributed by atoms with Crippen molar-refractivity contribution in [3.63, 3.8) is 0 Å². The van der Waals surface area contributed by atoms with Crippen molar-refractivity contribution in [2.24, 2.45) is 0 Å². The van der Waals surface area contributed by atoms with E-state index in [2.05, 4.69) is 22.0 Å². The first-order valence-corrected chi connectivity index (χ1v) is 6.64. The molecule has 2 aromatic heterocycles. The first-order valence-electron chi connectivity index (χ1n) is 6.64. The lowest BCUT2D eigenvalue weighted by Crippen LogP contribution is -2.34. The van der Waals surface area contributed by atoms with E-state index in [1.807, 2.05) is 22.7 Å². The van der Waals surface area contributed by atoms with E-state index in [9.17, 15) is 0 Å². The normalized spacial score (nSPS) is 21.5. The van der Waals surface area contributed by atoms with Gasteiger partial charge in [-0.25, -0.2) is 0 Å². The highest BCUT2D eigenvalue weighted by Crippen LogP contribution is 2.30. The summed E-state index contributed by atoms with van der Waals surface area (Å²) in [6.45, 7) is 4.41. The maximum Gasteiger partial charge on any atom is 0.184 e. The Balaban J connectivity index is 2.05. The van der Waals surface area contributed by atoms with Crippen LogP contribution in [0.2, 0.25) is 0 Å². The molecule has 18 heavy (non-hydrogen) atoms. The van der Waals surface area contributed by atoms with Gasteiger partial charge in [0.15, 0.2) is 11.5 Å². The van der Waals surface area contributed by atoms with Gasteiger partial charge in [-0.3, -0.25) is 9.30 Å². The number of piperidine rings is 1. The Kier molecular flexibility index (Phi) is 2.91. The Morgan fingerprint density at radius 3 is 3.11 bits per heavy atom. The lowest BCUT2D eigenvalue weighted by Gasteiger charge is -2.33. The van der Waals surface area contributed by atoms with Crippen LogP contribution in [0.1, 0.15) is 38.1 Å². The molecule has 1 aliphatic heterocycles. The lowest BCUT2D eigenvalue weighted by molar-refractivity contribution is 0.149. The van der Waals surface area contributed by atoms with Crippen LogP contribution in [0.5, 0.6) is 0 Å². The molecule has 0 aliphatic carbocycles. The highest BCUT2D eigenvalue weighted by Gasteiger charge is 2.26. The van der Waals surface area contributed by atoms with E-state index in [1.165, 1.54) is 12.8 Å². The Morgan fingerprint density at radius 2 is 2.28 bits per heavy atom. The molecular formula is C13H19N5. The van der Waals surface area contributed by atoms with E-state index in [1.54, 1.807) is 0 Å². The van der Waals surface area contributed by atoms with Crippen LogP contribution in [0.15, 0.2) is 18.3 Å². The van der Waals surface area contributed by atoms with Crippen molar-refractivity contribution in [1.82, 2.24) is 19.5 Å². The number of hydrogen-bond acceptors (Lipinski definition) is 4. The van der Waals surface area contributed by atoms with Gasteiger partial charge in [0, 0.05) is 6.20 Å². The molecule has 1 unspecified atom stereocenters. The summed E-state index contributed by atoms with van der Waals surface area (Å²) in [6, 6.07) is 4.20. The van der Waals surface area contributed by atoms with Crippen molar-refractivity contribution in [1.29, 1.82) is 0 Å². The molecule has 1 fully saturated rings. The molecule has 0 bridgehead atoms. The summed E-state index contributed by atoms with van der Waals surface area (Å²) in [7, 11) is 0. The SMILES string of the molecule is CCN1CCCCC1c1nnc2c(N)cccn12. The molecule has 5 heteroatoms. The van der Waals surface area contributed by atoms with Gasteiger partial charge in [-0.05, 0) is 38.1 Å². The number of nitrogens with zero attached hydrogens (tertiary/aromatic N) is 4. The number of aromatic nitrogens is 3. The van der Waals surface area contributed by atoms with E-state index >= 15 is 0 Å². The van der Waals surface area contributed by atoms with Gasteiger partial charge in [-0.2, -0.15) is 0 Å². The second-order valence-electron chi connectivity index (χ2n) is 4.86. The van der Waals surface area contributed by atoms with Gasteiger partial charge in [0.05, 0.1) is 11.7 Å². The Morgan fingerprint density at radius 1 is 1.39 bits per heavy atom. The van der Waals surface area contributed by atoms with E-state index < -0.39 is 0 Å². The Bertz CT molecular complexity index is 547. The zero-order chi connectivity index (χ0) is 12.5. The monoisotopic (exact) mass is 245 g/mol. The van der Waals surface area contributed by atoms with Gasteiger partial charge in [-0.1, -0.05) is 13.3 Å². The molecule has 0 aromatic carbocycles. The zero-order valence-electron chi connectivity index (χ0n) is 10.7. The minimum absolute atomic E-state index is 0.376. The summed E-state index contributed by atoms with van der Waals surface area (Å²) in [4.78, 5) is 2.48. The van der Waals surface area contributed by atoms with Crippen LogP contribution in [0.4, 0.5) is 5.69 Å². The molecule has 5 nitrogen and oxygen atoms in total.